The highest BCUT2D eigenvalue weighted by atomic mass is 35.5. The number of hydrogen-bond acceptors (Lipinski definition) is 2. The maximum atomic E-state index is 14.8. The summed E-state index contributed by atoms with van der Waals surface area (Å²) < 4.78 is 31.1. The molecule has 0 amide bonds. The number of rotatable bonds is 6. The molecule has 1 heterocycles. The van der Waals surface area contributed by atoms with Crippen LogP contribution >= 0.6 is 11.6 Å². The first kappa shape index (κ1) is 23.9. The van der Waals surface area contributed by atoms with Crippen LogP contribution in [0, 0.1) is 25.5 Å². The largest absolute Gasteiger partial charge is 0.322 e. The summed E-state index contributed by atoms with van der Waals surface area (Å²) in [4.78, 5) is 13.7. The number of nitrogens with two attached hydrogens (primary N) is 1. The number of halogens is 3. The first-order valence-electron chi connectivity index (χ1n) is 11.0. The molecule has 1 unspecified atom stereocenters. The summed E-state index contributed by atoms with van der Waals surface area (Å²) in [6.45, 7) is 3.76. The van der Waals surface area contributed by atoms with Crippen molar-refractivity contribution in [1.82, 2.24) is 4.57 Å². The lowest BCUT2D eigenvalue weighted by Crippen LogP contribution is -2.31. The van der Waals surface area contributed by atoms with Crippen molar-refractivity contribution < 1.29 is 8.78 Å². The Bertz CT molecular complexity index is 1380. The Morgan fingerprint density at radius 1 is 0.882 bits per heavy atom. The van der Waals surface area contributed by atoms with Crippen molar-refractivity contribution in [3.63, 3.8) is 0 Å². The minimum Gasteiger partial charge on any atom is -0.322 e. The van der Waals surface area contributed by atoms with Crippen LogP contribution in [0.25, 0.3) is 11.1 Å². The van der Waals surface area contributed by atoms with Crippen LogP contribution in [-0.4, -0.2) is 4.57 Å². The molecule has 0 spiro atoms. The van der Waals surface area contributed by atoms with E-state index in [1.165, 1.54) is 12.1 Å². The Labute approximate surface area is 202 Å². The highest BCUT2D eigenvalue weighted by Gasteiger charge is 2.23. The van der Waals surface area contributed by atoms with Gasteiger partial charge in [0.1, 0.15) is 11.6 Å². The number of benzene rings is 3. The molecule has 0 bridgehead atoms. The first-order chi connectivity index (χ1) is 16.3. The van der Waals surface area contributed by atoms with E-state index in [1.807, 2.05) is 30.3 Å². The highest BCUT2D eigenvalue weighted by molar-refractivity contribution is 6.31. The summed E-state index contributed by atoms with van der Waals surface area (Å²) in [6, 6.07) is 19.7. The molecule has 0 aliphatic heterocycles. The van der Waals surface area contributed by atoms with Crippen molar-refractivity contribution in [3.05, 3.63) is 128 Å². The second-order valence-electron chi connectivity index (χ2n) is 8.35. The standard InChI is InChI=1S/C28H25ClF2N2O/c1-17-21(15-22-23(29)12-8-14-25(22)31)18(2)33(16-26(32)19-9-4-3-5-10-19)28(34)27(17)20-11-6-7-13-24(20)30/h3-14,26H,15-16,32H2,1-2H3. The fourth-order valence-corrected chi connectivity index (χ4v) is 4.60. The van der Waals surface area contributed by atoms with Gasteiger partial charge in [-0.1, -0.05) is 66.2 Å². The van der Waals surface area contributed by atoms with Crippen LogP contribution in [0.4, 0.5) is 8.78 Å². The Kier molecular flexibility index (Phi) is 6.96. The predicted molar refractivity (Wildman–Crippen MR) is 133 cm³/mol. The van der Waals surface area contributed by atoms with Crippen LogP contribution in [-0.2, 0) is 13.0 Å². The Morgan fingerprint density at radius 3 is 2.21 bits per heavy atom. The van der Waals surface area contributed by atoms with E-state index in [0.29, 0.717) is 27.4 Å². The maximum absolute atomic E-state index is 14.8. The number of pyridine rings is 1. The van der Waals surface area contributed by atoms with Gasteiger partial charge in [0, 0.05) is 40.9 Å². The van der Waals surface area contributed by atoms with Gasteiger partial charge in [-0.15, -0.1) is 0 Å². The molecule has 0 aliphatic rings. The number of hydrogen-bond donors (Lipinski definition) is 1. The first-order valence-corrected chi connectivity index (χ1v) is 11.4. The molecule has 0 saturated heterocycles. The van der Waals surface area contributed by atoms with Gasteiger partial charge in [-0.3, -0.25) is 4.79 Å². The van der Waals surface area contributed by atoms with Crippen LogP contribution in [0.5, 0.6) is 0 Å². The highest BCUT2D eigenvalue weighted by Crippen LogP contribution is 2.31. The van der Waals surface area contributed by atoms with E-state index in [0.717, 1.165) is 5.56 Å². The van der Waals surface area contributed by atoms with Gasteiger partial charge < -0.3 is 10.3 Å². The molecule has 174 valence electrons. The van der Waals surface area contributed by atoms with Crippen LogP contribution in [0.3, 0.4) is 0 Å². The van der Waals surface area contributed by atoms with Gasteiger partial charge >= 0.3 is 0 Å². The third-order valence-corrected chi connectivity index (χ3v) is 6.65. The van der Waals surface area contributed by atoms with E-state index in [9.17, 15) is 13.6 Å². The van der Waals surface area contributed by atoms with Crippen LogP contribution in [0.1, 0.15) is 34.0 Å². The lowest BCUT2D eigenvalue weighted by molar-refractivity contribution is 0.546. The van der Waals surface area contributed by atoms with E-state index in [-0.39, 0.29) is 29.7 Å². The summed E-state index contributed by atoms with van der Waals surface area (Å²) >= 11 is 6.31. The third kappa shape index (κ3) is 4.54. The molecule has 4 rings (SSSR count). The van der Waals surface area contributed by atoms with Gasteiger partial charge in [0.05, 0.1) is 5.56 Å². The molecule has 34 heavy (non-hydrogen) atoms. The quantitative estimate of drug-likeness (QED) is 0.351. The Balaban J connectivity index is 1.94. The van der Waals surface area contributed by atoms with Crippen LogP contribution < -0.4 is 11.3 Å². The summed E-state index contributed by atoms with van der Waals surface area (Å²) in [6.07, 6.45) is 0.158. The monoisotopic (exact) mass is 478 g/mol. The van der Waals surface area contributed by atoms with Gasteiger partial charge in [0.25, 0.3) is 5.56 Å². The van der Waals surface area contributed by atoms with Gasteiger partial charge in [-0.25, -0.2) is 8.78 Å². The lowest BCUT2D eigenvalue weighted by atomic mass is 9.92. The van der Waals surface area contributed by atoms with Gasteiger partial charge in [0.15, 0.2) is 0 Å². The van der Waals surface area contributed by atoms with Crippen molar-refractivity contribution >= 4 is 11.6 Å². The van der Waals surface area contributed by atoms with Crippen molar-refractivity contribution in [2.24, 2.45) is 5.73 Å². The van der Waals surface area contributed by atoms with Gasteiger partial charge in [-0.05, 0) is 48.7 Å². The zero-order chi connectivity index (χ0) is 24.4. The summed E-state index contributed by atoms with van der Waals surface area (Å²) in [5.74, 6) is -0.933. The zero-order valence-electron chi connectivity index (χ0n) is 19.0. The number of aromatic nitrogens is 1. The van der Waals surface area contributed by atoms with Crippen molar-refractivity contribution in [3.8, 4) is 11.1 Å². The van der Waals surface area contributed by atoms with E-state index in [2.05, 4.69) is 0 Å². The van der Waals surface area contributed by atoms with E-state index < -0.39 is 17.7 Å². The van der Waals surface area contributed by atoms with Gasteiger partial charge in [-0.2, -0.15) is 0 Å². The average Bonchev–Trinajstić information content (AvgIpc) is 2.83. The molecule has 1 aromatic heterocycles. The molecule has 6 heteroatoms. The van der Waals surface area contributed by atoms with E-state index in [1.54, 1.807) is 48.7 Å². The zero-order valence-corrected chi connectivity index (χ0v) is 19.7. The summed E-state index contributed by atoms with van der Waals surface area (Å²) in [5, 5.41) is 0.296. The van der Waals surface area contributed by atoms with Gasteiger partial charge in [0.2, 0.25) is 0 Å². The molecule has 2 N–H and O–H groups in total. The van der Waals surface area contributed by atoms with Crippen molar-refractivity contribution in [1.29, 1.82) is 0 Å². The second kappa shape index (κ2) is 9.92. The molecule has 0 radical (unpaired) electrons. The molecule has 1 atom stereocenters. The lowest BCUT2D eigenvalue weighted by Gasteiger charge is -2.23. The fourth-order valence-electron chi connectivity index (χ4n) is 4.37. The minimum absolute atomic E-state index is 0.158. The van der Waals surface area contributed by atoms with E-state index >= 15 is 0 Å². The molecule has 4 aromatic rings. The summed E-state index contributed by atoms with van der Waals surface area (Å²) in [5.41, 5.74) is 9.72. The normalized spacial score (nSPS) is 12.1. The second-order valence-corrected chi connectivity index (χ2v) is 8.76. The number of nitrogens with zero attached hydrogens (tertiary/aromatic N) is 1. The molecular formula is C28H25ClF2N2O. The van der Waals surface area contributed by atoms with Crippen LogP contribution in [0.15, 0.2) is 77.6 Å². The topological polar surface area (TPSA) is 48.0 Å². The summed E-state index contributed by atoms with van der Waals surface area (Å²) in [7, 11) is 0. The molecule has 0 fully saturated rings. The van der Waals surface area contributed by atoms with E-state index in [4.69, 9.17) is 17.3 Å². The van der Waals surface area contributed by atoms with Crippen molar-refractivity contribution in [2.45, 2.75) is 32.9 Å². The van der Waals surface area contributed by atoms with Crippen LogP contribution in [0.2, 0.25) is 5.02 Å². The fraction of sp³-hybridized carbons (Fsp3) is 0.179. The molecule has 3 nitrogen and oxygen atoms in total. The molecule has 0 aliphatic carbocycles. The predicted octanol–water partition coefficient (Wildman–Crippen LogP) is 6.35. The maximum Gasteiger partial charge on any atom is 0.259 e. The Hall–Kier alpha value is -3.28. The molecule has 0 saturated carbocycles. The molecular weight excluding hydrogens is 454 g/mol. The molecule has 3 aromatic carbocycles. The average molecular weight is 479 g/mol. The van der Waals surface area contributed by atoms with Crippen molar-refractivity contribution in [2.75, 3.05) is 0 Å². The SMILES string of the molecule is Cc1c(Cc2c(F)cccc2Cl)c(C)n(CC(N)c2ccccc2)c(=O)c1-c1ccccc1F. The third-order valence-electron chi connectivity index (χ3n) is 6.29. The smallest absolute Gasteiger partial charge is 0.259 e. The minimum atomic E-state index is -0.500. The Morgan fingerprint density at radius 2 is 1.53 bits per heavy atom.